The molecule has 0 radical (unpaired) electrons. The number of aromatic hydroxyl groups is 1. The zero-order valence-electron chi connectivity index (χ0n) is 6.90. The Bertz CT molecular complexity index is 547. The lowest BCUT2D eigenvalue weighted by molar-refractivity contribution is 0.436. The molecule has 0 saturated heterocycles. The monoisotopic (exact) mass is 189 g/mol. The summed E-state index contributed by atoms with van der Waals surface area (Å²) in [6, 6.07) is 4.74. The van der Waals surface area contributed by atoms with Gasteiger partial charge in [-0.25, -0.2) is 9.37 Å². The van der Waals surface area contributed by atoms with Crippen molar-refractivity contribution in [3.05, 3.63) is 29.8 Å². The summed E-state index contributed by atoms with van der Waals surface area (Å²) in [5, 5.41) is 17.8. The summed E-state index contributed by atoms with van der Waals surface area (Å²) in [6.45, 7) is 0. The first kappa shape index (κ1) is 8.38. The maximum atomic E-state index is 12.8. The Morgan fingerprint density at radius 1 is 1.43 bits per heavy atom. The van der Waals surface area contributed by atoms with Crippen LogP contribution in [-0.2, 0) is 0 Å². The average molecular weight is 189 g/mol. The summed E-state index contributed by atoms with van der Waals surface area (Å²) in [5.41, 5.74) is 0.465. The third-order valence-electron chi connectivity index (χ3n) is 1.76. The van der Waals surface area contributed by atoms with Crippen molar-refractivity contribution in [2.24, 2.45) is 0 Å². The van der Waals surface area contributed by atoms with E-state index in [2.05, 4.69) is 9.97 Å². The fraction of sp³-hybridized carbons (Fsp3) is 0. The lowest BCUT2D eigenvalue weighted by Crippen LogP contribution is -1.89. The SMILES string of the molecule is N#Cc1ccc2ncc(F)c(O)c2n1. The molecule has 0 aliphatic carbocycles. The standard InChI is InChI=1S/C9H4FN3O/c10-6-4-12-7-2-1-5(3-11)13-8(7)9(6)14/h1-2,4H,(H,12,14). The molecule has 0 saturated carbocycles. The second-order valence-corrected chi connectivity index (χ2v) is 2.63. The zero-order valence-corrected chi connectivity index (χ0v) is 6.90. The molecule has 14 heavy (non-hydrogen) atoms. The largest absolute Gasteiger partial charge is 0.503 e. The second kappa shape index (κ2) is 2.92. The predicted octanol–water partition coefficient (Wildman–Crippen LogP) is 1.35. The van der Waals surface area contributed by atoms with Crippen LogP contribution in [0.15, 0.2) is 18.3 Å². The molecule has 0 unspecified atom stereocenters. The molecule has 5 heteroatoms. The molecule has 0 fully saturated rings. The molecule has 2 aromatic rings. The van der Waals surface area contributed by atoms with Gasteiger partial charge in [-0.15, -0.1) is 0 Å². The number of hydrogen-bond donors (Lipinski definition) is 1. The molecule has 0 spiro atoms. The van der Waals surface area contributed by atoms with E-state index in [0.29, 0.717) is 5.52 Å². The van der Waals surface area contributed by atoms with E-state index in [1.54, 1.807) is 6.07 Å². The third kappa shape index (κ3) is 1.13. The number of pyridine rings is 2. The average Bonchev–Trinajstić information content (AvgIpc) is 2.23. The normalized spacial score (nSPS) is 10.0. The van der Waals surface area contributed by atoms with Gasteiger partial charge in [0.15, 0.2) is 11.6 Å². The van der Waals surface area contributed by atoms with E-state index in [9.17, 15) is 9.50 Å². The Kier molecular flexibility index (Phi) is 1.75. The smallest absolute Gasteiger partial charge is 0.185 e. The highest BCUT2D eigenvalue weighted by molar-refractivity contribution is 5.80. The van der Waals surface area contributed by atoms with Gasteiger partial charge < -0.3 is 5.11 Å². The first-order valence-corrected chi connectivity index (χ1v) is 3.76. The van der Waals surface area contributed by atoms with Gasteiger partial charge in [0.1, 0.15) is 17.3 Å². The maximum absolute atomic E-state index is 12.8. The first-order valence-electron chi connectivity index (χ1n) is 3.76. The van der Waals surface area contributed by atoms with E-state index < -0.39 is 11.6 Å². The van der Waals surface area contributed by atoms with Gasteiger partial charge in [0.25, 0.3) is 0 Å². The van der Waals surface area contributed by atoms with E-state index in [-0.39, 0.29) is 11.2 Å². The van der Waals surface area contributed by atoms with Crippen LogP contribution < -0.4 is 0 Å². The van der Waals surface area contributed by atoms with Gasteiger partial charge in [-0.05, 0) is 12.1 Å². The predicted molar refractivity (Wildman–Crippen MR) is 45.9 cm³/mol. The number of fused-ring (bicyclic) bond motifs is 1. The lowest BCUT2D eigenvalue weighted by Gasteiger charge is -1.99. The Morgan fingerprint density at radius 2 is 2.21 bits per heavy atom. The number of rotatable bonds is 0. The van der Waals surface area contributed by atoms with E-state index in [4.69, 9.17) is 5.26 Å². The molecule has 0 bridgehead atoms. The molecule has 0 aliphatic rings. The van der Waals surface area contributed by atoms with Crippen molar-refractivity contribution >= 4 is 11.0 Å². The molecule has 2 rings (SSSR count). The van der Waals surface area contributed by atoms with Crippen LogP contribution >= 0.6 is 0 Å². The molecule has 0 aliphatic heterocycles. The van der Waals surface area contributed by atoms with Gasteiger partial charge in [-0.1, -0.05) is 0 Å². The minimum Gasteiger partial charge on any atom is -0.503 e. The zero-order chi connectivity index (χ0) is 10.1. The molecule has 2 aromatic heterocycles. The Morgan fingerprint density at radius 3 is 2.93 bits per heavy atom. The molecule has 1 N–H and O–H groups in total. The summed E-state index contributed by atoms with van der Waals surface area (Å²) < 4.78 is 12.8. The molecule has 0 aromatic carbocycles. The maximum Gasteiger partial charge on any atom is 0.185 e. The van der Waals surface area contributed by atoms with Crippen molar-refractivity contribution in [1.29, 1.82) is 5.26 Å². The van der Waals surface area contributed by atoms with Gasteiger partial charge in [0, 0.05) is 0 Å². The first-order chi connectivity index (χ1) is 6.72. The molecule has 0 amide bonds. The summed E-state index contributed by atoms with van der Waals surface area (Å²) in [4.78, 5) is 7.45. The van der Waals surface area contributed by atoms with Gasteiger partial charge in [-0.3, -0.25) is 4.98 Å². The van der Waals surface area contributed by atoms with Crippen molar-refractivity contribution in [3.8, 4) is 11.8 Å². The van der Waals surface area contributed by atoms with Crippen LogP contribution in [0.2, 0.25) is 0 Å². The molecule has 0 atom stereocenters. The highest BCUT2D eigenvalue weighted by Crippen LogP contribution is 2.23. The fourth-order valence-corrected chi connectivity index (χ4v) is 1.09. The van der Waals surface area contributed by atoms with Crippen molar-refractivity contribution in [1.82, 2.24) is 9.97 Å². The van der Waals surface area contributed by atoms with Crippen molar-refractivity contribution < 1.29 is 9.50 Å². The number of halogens is 1. The van der Waals surface area contributed by atoms with Crippen molar-refractivity contribution in [2.45, 2.75) is 0 Å². The minimum absolute atomic E-state index is 0.00375. The third-order valence-corrected chi connectivity index (χ3v) is 1.76. The van der Waals surface area contributed by atoms with Crippen LogP contribution in [0, 0.1) is 17.1 Å². The van der Waals surface area contributed by atoms with Crippen molar-refractivity contribution in [2.75, 3.05) is 0 Å². The van der Waals surface area contributed by atoms with Crippen LogP contribution in [0.5, 0.6) is 5.75 Å². The minimum atomic E-state index is -0.847. The van der Waals surface area contributed by atoms with Crippen LogP contribution in [0.1, 0.15) is 5.69 Å². The topological polar surface area (TPSA) is 69.8 Å². The molecule has 2 heterocycles. The van der Waals surface area contributed by atoms with Gasteiger partial charge in [-0.2, -0.15) is 5.26 Å². The van der Waals surface area contributed by atoms with Gasteiger partial charge in [0.2, 0.25) is 0 Å². The number of nitriles is 1. The Hall–Kier alpha value is -2.22. The second-order valence-electron chi connectivity index (χ2n) is 2.63. The summed E-state index contributed by atoms with van der Waals surface area (Å²) in [7, 11) is 0. The Labute approximate surface area is 78.3 Å². The van der Waals surface area contributed by atoms with E-state index in [1.807, 2.05) is 0 Å². The number of hydrogen-bond acceptors (Lipinski definition) is 4. The summed E-state index contributed by atoms with van der Waals surface area (Å²) in [5.74, 6) is -1.42. The number of aromatic nitrogens is 2. The van der Waals surface area contributed by atoms with Crippen molar-refractivity contribution in [3.63, 3.8) is 0 Å². The van der Waals surface area contributed by atoms with E-state index in [1.165, 1.54) is 12.1 Å². The molecular formula is C9H4FN3O. The quantitative estimate of drug-likeness (QED) is 0.679. The highest BCUT2D eigenvalue weighted by Gasteiger charge is 2.08. The number of nitrogens with zero attached hydrogens (tertiary/aromatic N) is 3. The fourth-order valence-electron chi connectivity index (χ4n) is 1.09. The van der Waals surface area contributed by atoms with E-state index in [0.717, 1.165) is 6.20 Å². The van der Waals surface area contributed by atoms with Crippen LogP contribution in [0.3, 0.4) is 0 Å². The van der Waals surface area contributed by atoms with Crippen LogP contribution in [-0.4, -0.2) is 15.1 Å². The van der Waals surface area contributed by atoms with Crippen LogP contribution in [0.4, 0.5) is 4.39 Å². The lowest BCUT2D eigenvalue weighted by atomic mass is 10.2. The van der Waals surface area contributed by atoms with E-state index >= 15 is 0 Å². The van der Waals surface area contributed by atoms with Gasteiger partial charge in [0.05, 0.1) is 11.7 Å². The summed E-state index contributed by atoms with van der Waals surface area (Å²) >= 11 is 0. The molecular weight excluding hydrogens is 185 g/mol. The molecule has 4 nitrogen and oxygen atoms in total. The van der Waals surface area contributed by atoms with Crippen LogP contribution in [0.25, 0.3) is 11.0 Å². The van der Waals surface area contributed by atoms with Gasteiger partial charge >= 0.3 is 0 Å². The Balaban J connectivity index is 2.86. The molecule has 68 valence electrons. The highest BCUT2D eigenvalue weighted by atomic mass is 19.1. The summed E-state index contributed by atoms with van der Waals surface area (Å²) in [6.07, 6.45) is 0.908.